The molecule has 1 aromatic carbocycles. The van der Waals surface area contributed by atoms with Crippen LogP contribution in [0, 0.1) is 6.92 Å². The van der Waals surface area contributed by atoms with E-state index in [1.54, 1.807) is 13.0 Å². The molecule has 3 nitrogen and oxygen atoms in total. The summed E-state index contributed by atoms with van der Waals surface area (Å²) in [7, 11) is 0. The van der Waals surface area contributed by atoms with Gasteiger partial charge in [0.1, 0.15) is 10.6 Å². The number of aromatic carboxylic acids is 1. The van der Waals surface area contributed by atoms with Gasteiger partial charge in [-0.25, -0.2) is 4.79 Å². The molecule has 2 aromatic rings. The number of carboxylic acids is 1. The summed E-state index contributed by atoms with van der Waals surface area (Å²) in [5, 5.41) is 8.92. The highest BCUT2D eigenvalue weighted by atomic mass is 32.1. The van der Waals surface area contributed by atoms with Crippen LogP contribution in [0.2, 0.25) is 0 Å². The fourth-order valence-electron chi connectivity index (χ4n) is 1.72. The number of hydrogen-bond donors (Lipinski definition) is 1. The molecule has 20 heavy (non-hydrogen) atoms. The first kappa shape index (κ1) is 14.4. The van der Waals surface area contributed by atoms with Crippen LogP contribution in [0.5, 0.6) is 5.75 Å². The lowest BCUT2D eigenvalue weighted by molar-refractivity contribution is -0.274. The number of carbonyl (C=O) groups is 1. The van der Waals surface area contributed by atoms with Crippen molar-refractivity contribution in [1.29, 1.82) is 0 Å². The van der Waals surface area contributed by atoms with Gasteiger partial charge in [0.15, 0.2) is 0 Å². The Labute approximate surface area is 116 Å². The van der Waals surface area contributed by atoms with Gasteiger partial charge in [-0.3, -0.25) is 0 Å². The summed E-state index contributed by atoms with van der Waals surface area (Å²) in [6, 6.07) is 7.07. The minimum absolute atomic E-state index is 0.0688. The van der Waals surface area contributed by atoms with Gasteiger partial charge in [-0.1, -0.05) is 12.1 Å². The summed E-state index contributed by atoms with van der Waals surface area (Å²) in [5.74, 6) is -1.46. The summed E-state index contributed by atoms with van der Waals surface area (Å²) in [5.41, 5.74) is 0.811. The van der Waals surface area contributed by atoms with Crippen molar-refractivity contribution in [2.24, 2.45) is 0 Å². The van der Waals surface area contributed by atoms with E-state index in [9.17, 15) is 18.0 Å². The van der Waals surface area contributed by atoms with E-state index in [2.05, 4.69) is 4.74 Å². The highest BCUT2D eigenvalue weighted by molar-refractivity contribution is 7.17. The Kier molecular flexibility index (Phi) is 3.71. The molecule has 7 heteroatoms. The number of aryl methyl sites for hydroxylation is 1. The predicted molar refractivity (Wildman–Crippen MR) is 68.1 cm³/mol. The fourth-order valence-corrected chi connectivity index (χ4v) is 2.76. The van der Waals surface area contributed by atoms with Crippen LogP contribution in [0.3, 0.4) is 0 Å². The van der Waals surface area contributed by atoms with Gasteiger partial charge in [-0.15, -0.1) is 24.5 Å². The lowest BCUT2D eigenvalue weighted by Gasteiger charge is -2.12. The Bertz CT molecular complexity index is 647. The molecule has 0 aliphatic heterocycles. The molecule has 0 radical (unpaired) electrons. The fraction of sp³-hybridized carbons (Fsp3) is 0.154. The number of para-hydroxylation sites is 1. The van der Waals surface area contributed by atoms with Crippen LogP contribution in [0.4, 0.5) is 13.2 Å². The molecule has 1 N–H and O–H groups in total. The normalized spacial score (nSPS) is 11.4. The molecule has 106 valence electrons. The van der Waals surface area contributed by atoms with Gasteiger partial charge in [0.25, 0.3) is 0 Å². The largest absolute Gasteiger partial charge is 0.573 e. The second kappa shape index (κ2) is 5.16. The predicted octanol–water partition coefficient (Wildman–Crippen LogP) is 4.32. The Hall–Kier alpha value is -2.02. The molecule has 0 unspecified atom stereocenters. The van der Waals surface area contributed by atoms with E-state index in [0.717, 1.165) is 11.3 Å². The zero-order valence-electron chi connectivity index (χ0n) is 10.2. The molecule has 0 spiro atoms. The van der Waals surface area contributed by atoms with Crippen molar-refractivity contribution in [3.8, 4) is 16.2 Å². The number of rotatable bonds is 3. The molecule has 0 amide bonds. The quantitative estimate of drug-likeness (QED) is 0.918. The van der Waals surface area contributed by atoms with E-state index in [4.69, 9.17) is 5.11 Å². The lowest BCUT2D eigenvalue weighted by atomic mass is 10.1. The standard InChI is InChI=1S/C13H9F3O3S/c1-7-6-10(12(17)18)20-11(7)8-4-2-3-5-9(8)19-13(14,15)16/h2-6H,1H3,(H,17,18). The zero-order valence-corrected chi connectivity index (χ0v) is 11.0. The van der Waals surface area contributed by atoms with Gasteiger partial charge in [0.2, 0.25) is 0 Å². The Morgan fingerprint density at radius 3 is 2.50 bits per heavy atom. The zero-order chi connectivity index (χ0) is 14.9. The molecule has 1 aromatic heterocycles. The molecule has 2 rings (SSSR count). The van der Waals surface area contributed by atoms with E-state index < -0.39 is 12.3 Å². The van der Waals surface area contributed by atoms with Gasteiger partial charge < -0.3 is 9.84 Å². The molecule has 0 atom stereocenters. The monoisotopic (exact) mass is 302 g/mol. The first-order valence-corrected chi connectivity index (χ1v) is 6.28. The minimum Gasteiger partial charge on any atom is -0.477 e. The summed E-state index contributed by atoms with van der Waals surface area (Å²) in [6.45, 7) is 1.64. The van der Waals surface area contributed by atoms with Gasteiger partial charge in [0, 0.05) is 10.4 Å². The van der Waals surface area contributed by atoms with Gasteiger partial charge >= 0.3 is 12.3 Å². The average Bonchev–Trinajstić information content (AvgIpc) is 2.70. The van der Waals surface area contributed by atoms with Gasteiger partial charge in [-0.05, 0) is 30.7 Å². The van der Waals surface area contributed by atoms with Crippen molar-refractivity contribution >= 4 is 17.3 Å². The summed E-state index contributed by atoms with van der Waals surface area (Å²) in [4.78, 5) is 11.4. The van der Waals surface area contributed by atoms with Crippen LogP contribution in [-0.4, -0.2) is 17.4 Å². The Morgan fingerprint density at radius 2 is 1.95 bits per heavy atom. The summed E-state index contributed by atoms with van der Waals surface area (Å²) < 4.78 is 41.0. The molecular weight excluding hydrogens is 293 g/mol. The van der Waals surface area contributed by atoms with Crippen molar-refractivity contribution in [3.63, 3.8) is 0 Å². The first-order chi connectivity index (χ1) is 9.28. The maximum absolute atomic E-state index is 12.4. The number of hydrogen-bond acceptors (Lipinski definition) is 3. The summed E-state index contributed by atoms with van der Waals surface area (Å²) in [6.07, 6.45) is -4.79. The third-order valence-corrected chi connectivity index (χ3v) is 3.74. The Morgan fingerprint density at radius 1 is 1.30 bits per heavy atom. The van der Waals surface area contributed by atoms with E-state index in [-0.39, 0.29) is 16.2 Å². The van der Waals surface area contributed by atoms with Crippen molar-refractivity contribution in [2.75, 3.05) is 0 Å². The lowest BCUT2D eigenvalue weighted by Crippen LogP contribution is -2.17. The SMILES string of the molecule is Cc1cc(C(=O)O)sc1-c1ccccc1OC(F)(F)F. The highest BCUT2D eigenvalue weighted by Crippen LogP contribution is 2.39. The molecule has 0 aliphatic rings. The molecule has 0 saturated carbocycles. The van der Waals surface area contributed by atoms with Crippen LogP contribution in [0.15, 0.2) is 30.3 Å². The van der Waals surface area contributed by atoms with Crippen molar-refractivity contribution < 1.29 is 27.8 Å². The number of halogens is 3. The molecule has 0 bridgehead atoms. The third-order valence-electron chi connectivity index (χ3n) is 2.49. The van der Waals surface area contributed by atoms with E-state index >= 15 is 0 Å². The first-order valence-electron chi connectivity index (χ1n) is 5.47. The molecule has 0 aliphatic carbocycles. The van der Waals surface area contributed by atoms with E-state index in [1.807, 2.05) is 0 Å². The summed E-state index contributed by atoms with van der Waals surface area (Å²) >= 11 is 0.914. The molecule has 0 fully saturated rings. The number of alkyl halides is 3. The number of benzene rings is 1. The van der Waals surface area contributed by atoms with Crippen LogP contribution in [-0.2, 0) is 0 Å². The van der Waals surface area contributed by atoms with Crippen LogP contribution < -0.4 is 4.74 Å². The minimum atomic E-state index is -4.79. The highest BCUT2D eigenvalue weighted by Gasteiger charge is 2.32. The smallest absolute Gasteiger partial charge is 0.477 e. The van der Waals surface area contributed by atoms with Crippen molar-refractivity contribution in [3.05, 3.63) is 40.8 Å². The van der Waals surface area contributed by atoms with Gasteiger partial charge in [-0.2, -0.15) is 0 Å². The second-order valence-electron chi connectivity index (χ2n) is 3.97. The molecular formula is C13H9F3O3S. The molecule has 0 saturated heterocycles. The van der Waals surface area contributed by atoms with Crippen molar-refractivity contribution in [1.82, 2.24) is 0 Å². The number of carboxylic acid groups (broad SMARTS) is 1. The van der Waals surface area contributed by atoms with E-state index in [0.29, 0.717) is 10.4 Å². The number of thiophene rings is 1. The molecule has 1 heterocycles. The van der Waals surface area contributed by atoms with Gasteiger partial charge in [0.05, 0.1) is 0 Å². The van der Waals surface area contributed by atoms with Crippen LogP contribution in [0.25, 0.3) is 10.4 Å². The maximum atomic E-state index is 12.4. The average molecular weight is 302 g/mol. The third kappa shape index (κ3) is 3.11. The van der Waals surface area contributed by atoms with Crippen molar-refractivity contribution in [2.45, 2.75) is 13.3 Å². The topological polar surface area (TPSA) is 46.5 Å². The number of ether oxygens (including phenoxy) is 1. The van der Waals surface area contributed by atoms with E-state index in [1.165, 1.54) is 24.3 Å². The van der Waals surface area contributed by atoms with Crippen LogP contribution >= 0.6 is 11.3 Å². The maximum Gasteiger partial charge on any atom is 0.573 e. The second-order valence-corrected chi connectivity index (χ2v) is 5.02. The Balaban J connectivity index is 2.50. The van der Waals surface area contributed by atoms with Crippen LogP contribution in [0.1, 0.15) is 15.2 Å².